The van der Waals surface area contributed by atoms with Gasteiger partial charge in [0.15, 0.2) is 0 Å². The SMILES string of the molecule is CCCc1ccc(C(C)NCC2(CC)CCC2)cc1. The molecule has 1 aromatic rings. The molecule has 1 heteroatoms. The topological polar surface area (TPSA) is 12.0 Å². The molecule has 0 saturated heterocycles. The highest BCUT2D eigenvalue weighted by Gasteiger charge is 2.34. The average molecular weight is 259 g/mol. The van der Waals surface area contributed by atoms with Gasteiger partial charge in [-0.1, -0.05) is 51.0 Å². The average Bonchev–Trinajstić information content (AvgIpc) is 2.39. The van der Waals surface area contributed by atoms with E-state index < -0.39 is 0 Å². The second-order valence-corrected chi connectivity index (χ2v) is 6.30. The van der Waals surface area contributed by atoms with Crippen LogP contribution in [0.2, 0.25) is 0 Å². The number of nitrogens with one attached hydrogen (secondary N) is 1. The highest BCUT2D eigenvalue weighted by Crippen LogP contribution is 2.43. The van der Waals surface area contributed by atoms with E-state index in [1.165, 1.54) is 56.2 Å². The van der Waals surface area contributed by atoms with Gasteiger partial charge in [0, 0.05) is 12.6 Å². The molecule has 19 heavy (non-hydrogen) atoms. The largest absolute Gasteiger partial charge is 0.310 e. The van der Waals surface area contributed by atoms with Gasteiger partial charge < -0.3 is 5.32 Å². The van der Waals surface area contributed by atoms with Crippen LogP contribution in [0.1, 0.15) is 70.0 Å². The van der Waals surface area contributed by atoms with Gasteiger partial charge in [-0.2, -0.15) is 0 Å². The van der Waals surface area contributed by atoms with E-state index in [1.807, 2.05) is 0 Å². The summed E-state index contributed by atoms with van der Waals surface area (Å²) in [4.78, 5) is 0. The van der Waals surface area contributed by atoms with Crippen molar-refractivity contribution in [3.63, 3.8) is 0 Å². The summed E-state index contributed by atoms with van der Waals surface area (Å²) >= 11 is 0. The molecule has 1 aromatic carbocycles. The van der Waals surface area contributed by atoms with E-state index in [0.717, 1.165) is 0 Å². The molecule has 1 nitrogen and oxygen atoms in total. The van der Waals surface area contributed by atoms with Crippen molar-refractivity contribution in [2.75, 3.05) is 6.54 Å². The predicted molar refractivity (Wildman–Crippen MR) is 83.4 cm³/mol. The maximum Gasteiger partial charge on any atom is 0.0292 e. The van der Waals surface area contributed by atoms with Crippen molar-refractivity contribution in [1.29, 1.82) is 0 Å². The minimum Gasteiger partial charge on any atom is -0.310 e. The van der Waals surface area contributed by atoms with Gasteiger partial charge in [-0.25, -0.2) is 0 Å². The first kappa shape index (κ1) is 14.6. The van der Waals surface area contributed by atoms with Gasteiger partial charge >= 0.3 is 0 Å². The van der Waals surface area contributed by atoms with Crippen LogP contribution in [0, 0.1) is 5.41 Å². The summed E-state index contributed by atoms with van der Waals surface area (Å²) in [6, 6.07) is 9.63. The summed E-state index contributed by atoms with van der Waals surface area (Å²) in [5, 5.41) is 3.74. The number of benzene rings is 1. The van der Waals surface area contributed by atoms with Crippen molar-refractivity contribution in [2.24, 2.45) is 5.41 Å². The molecule has 1 unspecified atom stereocenters. The third-order valence-corrected chi connectivity index (χ3v) is 4.97. The summed E-state index contributed by atoms with van der Waals surface area (Å²) in [6.07, 6.45) is 8.00. The molecular formula is C18H29N. The summed E-state index contributed by atoms with van der Waals surface area (Å²) < 4.78 is 0. The second-order valence-electron chi connectivity index (χ2n) is 6.30. The Morgan fingerprint density at radius 1 is 1.16 bits per heavy atom. The van der Waals surface area contributed by atoms with Gasteiger partial charge in [0.2, 0.25) is 0 Å². The zero-order valence-corrected chi connectivity index (χ0v) is 12.8. The molecule has 1 N–H and O–H groups in total. The molecule has 1 aliphatic carbocycles. The van der Waals surface area contributed by atoms with E-state index in [1.54, 1.807) is 0 Å². The van der Waals surface area contributed by atoms with Gasteiger partial charge in [-0.05, 0) is 49.1 Å². The Bertz CT molecular complexity index is 370. The van der Waals surface area contributed by atoms with E-state index in [2.05, 4.69) is 50.4 Å². The first-order valence-corrected chi connectivity index (χ1v) is 8.01. The minimum absolute atomic E-state index is 0.472. The lowest BCUT2D eigenvalue weighted by molar-refractivity contribution is 0.120. The Morgan fingerprint density at radius 3 is 2.32 bits per heavy atom. The molecule has 0 radical (unpaired) electrons. The fourth-order valence-corrected chi connectivity index (χ4v) is 3.08. The Kier molecular flexibility index (Phi) is 5.04. The van der Waals surface area contributed by atoms with Crippen LogP contribution in [0.3, 0.4) is 0 Å². The van der Waals surface area contributed by atoms with E-state index in [-0.39, 0.29) is 0 Å². The summed E-state index contributed by atoms with van der Waals surface area (Å²) in [6.45, 7) is 8.05. The van der Waals surface area contributed by atoms with Crippen LogP contribution in [-0.4, -0.2) is 6.54 Å². The van der Waals surface area contributed by atoms with E-state index in [0.29, 0.717) is 11.5 Å². The lowest BCUT2D eigenvalue weighted by Gasteiger charge is -2.42. The van der Waals surface area contributed by atoms with E-state index in [9.17, 15) is 0 Å². The lowest BCUT2D eigenvalue weighted by Crippen LogP contribution is -2.40. The molecule has 1 fully saturated rings. The zero-order chi connectivity index (χ0) is 13.7. The van der Waals surface area contributed by atoms with Crippen molar-refractivity contribution in [3.8, 4) is 0 Å². The van der Waals surface area contributed by atoms with Crippen LogP contribution in [0.15, 0.2) is 24.3 Å². The van der Waals surface area contributed by atoms with E-state index >= 15 is 0 Å². The van der Waals surface area contributed by atoms with Crippen LogP contribution in [0.25, 0.3) is 0 Å². The van der Waals surface area contributed by atoms with Crippen molar-refractivity contribution >= 4 is 0 Å². The third-order valence-electron chi connectivity index (χ3n) is 4.97. The molecule has 0 amide bonds. The predicted octanol–water partition coefficient (Wildman–Crippen LogP) is 4.87. The van der Waals surface area contributed by atoms with Gasteiger partial charge in [0.25, 0.3) is 0 Å². The monoisotopic (exact) mass is 259 g/mol. The summed E-state index contributed by atoms with van der Waals surface area (Å²) in [7, 11) is 0. The Balaban J connectivity index is 1.86. The molecule has 0 bridgehead atoms. The smallest absolute Gasteiger partial charge is 0.0292 e. The zero-order valence-electron chi connectivity index (χ0n) is 12.8. The molecule has 1 atom stereocenters. The Hall–Kier alpha value is -0.820. The quantitative estimate of drug-likeness (QED) is 0.736. The fraction of sp³-hybridized carbons (Fsp3) is 0.667. The van der Waals surface area contributed by atoms with Crippen LogP contribution in [-0.2, 0) is 6.42 Å². The van der Waals surface area contributed by atoms with Crippen molar-refractivity contribution in [1.82, 2.24) is 5.32 Å². The number of aryl methyl sites for hydroxylation is 1. The van der Waals surface area contributed by atoms with Gasteiger partial charge in [0.1, 0.15) is 0 Å². The normalized spacial score (nSPS) is 18.9. The minimum atomic E-state index is 0.472. The van der Waals surface area contributed by atoms with Crippen LogP contribution in [0.4, 0.5) is 0 Å². The molecule has 0 aliphatic heterocycles. The molecule has 0 spiro atoms. The van der Waals surface area contributed by atoms with Crippen molar-refractivity contribution in [3.05, 3.63) is 35.4 Å². The highest BCUT2D eigenvalue weighted by molar-refractivity contribution is 5.24. The van der Waals surface area contributed by atoms with Crippen molar-refractivity contribution in [2.45, 2.75) is 65.3 Å². The standard InChI is InChI=1S/C18H29N/c1-4-7-16-8-10-17(11-9-16)15(3)19-14-18(5-2)12-6-13-18/h8-11,15,19H,4-7,12-14H2,1-3H3. The lowest BCUT2D eigenvalue weighted by atomic mass is 9.67. The molecule has 1 saturated carbocycles. The van der Waals surface area contributed by atoms with Gasteiger partial charge in [-0.3, -0.25) is 0 Å². The van der Waals surface area contributed by atoms with Gasteiger partial charge in [0.05, 0.1) is 0 Å². The maximum absolute atomic E-state index is 3.74. The Labute approximate surface area is 118 Å². The number of rotatable bonds is 7. The summed E-state index contributed by atoms with van der Waals surface area (Å²) in [5.74, 6) is 0. The summed E-state index contributed by atoms with van der Waals surface area (Å²) in [5.41, 5.74) is 3.49. The molecular weight excluding hydrogens is 230 g/mol. The highest BCUT2D eigenvalue weighted by atomic mass is 14.9. The van der Waals surface area contributed by atoms with Crippen molar-refractivity contribution < 1.29 is 0 Å². The Morgan fingerprint density at radius 2 is 1.84 bits per heavy atom. The van der Waals surface area contributed by atoms with Crippen LogP contribution in [0.5, 0.6) is 0 Å². The molecule has 0 heterocycles. The molecule has 2 rings (SSSR count). The first-order chi connectivity index (χ1) is 9.19. The first-order valence-electron chi connectivity index (χ1n) is 8.01. The molecule has 0 aromatic heterocycles. The van der Waals surface area contributed by atoms with Gasteiger partial charge in [-0.15, -0.1) is 0 Å². The van der Waals surface area contributed by atoms with E-state index in [4.69, 9.17) is 0 Å². The third kappa shape index (κ3) is 3.60. The molecule has 1 aliphatic rings. The fourth-order valence-electron chi connectivity index (χ4n) is 3.08. The number of hydrogen-bond acceptors (Lipinski definition) is 1. The maximum atomic E-state index is 3.74. The number of hydrogen-bond donors (Lipinski definition) is 1. The second kappa shape index (κ2) is 6.56. The van der Waals surface area contributed by atoms with Crippen LogP contribution < -0.4 is 5.32 Å². The molecule has 106 valence electrons. The van der Waals surface area contributed by atoms with Crippen LogP contribution >= 0.6 is 0 Å².